The number of halogens is 2. The minimum Gasteiger partial charge on any atom is -0.465 e. The molecule has 4 nitrogen and oxygen atoms in total. The molecule has 0 unspecified atom stereocenters. The van der Waals surface area contributed by atoms with Gasteiger partial charge in [0.15, 0.2) is 0 Å². The van der Waals surface area contributed by atoms with Crippen LogP contribution in [0.15, 0.2) is 48.5 Å². The Morgan fingerprint density at radius 2 is 1.92 bits per heavy atom. The van der Waals surface area contributed by atoms with E-state index in [2.05, 4.69) is 4.98 Å². The first kappa shape index (κ1) is 16.7. The highest BCUT2D eigenvalue weighted by atomic mass is 32.1. The van der Waals surface area contributed by atoms with Crippen LogP contribution in [0, 0.1) is 11.6 Å². The van der Waals surface area contributed by atoms with Crippen molar-refractivity contribution in [3.05, 3.63) is 76.3 Å². The molecule has 1 amide bonds. The van der Waals surface area contributed by atoms with Gasteiger partial charge in [-0.25, -0.2) is 13.8 Å². The highest BCUT2D eigenvalue weighted by molar-refractivity contribution is 7.15. The Morgan fingerprint density at radius 3 is 2.69 bits per heavy atom. The van der Waals surface area contributed by atoms with Crippen LogP contribution in [0.3, 0.4) is 0 Å². The number of ether oxygens (including phenoxy) is 1. The third-order valence-corrected chi connectivity index (χ3v) is 5.08. The molecular weight excluding hydrogens is 358 g/mol. The van der Waals surface area contributed by atoms with E-state index in [0.29, 0.717) is 40.0 Å². The fourth-order valence-corrected chi connectivity index (χ4v) is 3.72. The third-order valence-electron chi connectivity index (χ3n) is 4.08. The number of carbonyl (C=O) groups is 1. The highest BCUT2D eigenvalue weighted by Gasteiger charge is 2.29. The van der Waals surface area contributed by atoms with Crippen LogP contribution in [0.25, 0.3) is 0 Å². The summed E-state index contributed by atoms with van der Waals surface area (Å²) in [5, 5.41) is 0.383. The Hall–Kier alpha value is -2.80. The van der Waals surface area contributed by atoms with Crippen LogP contribution in [-0.2, 0) is 13.0 Å². The molecule has 0 saturated carbocycles. The van der Waals surface area contributed by atoms with Gasteiger partial charge in [0, 0.05) is 18.7 Å². The summed E-state index contributed by atoms with van der Waals surface area (Å²) in [4.78, 5) is 19.2. The number of hydrogen-bond acceptors (Lipinski definition) is 4. The number of benzene rings is 2. The van der Waals surface area contributed by atoms with Gasteiger partial charge in [-0.15, -0.1) is 0 Å². The molecule has 1 aliphatic rings. The second-order valence-corrected chi connectivity index (χ2v) is 6.82. The molecule has 7 heteroatoms. The van der Waals surface area contributed by atoms with Gasteiger partial charge in [0.05, 0.1) is 5.69 Å². The lowest BCUT2D eigenvalue weighted by atomic mass is 10.1. The minimum atomic E-state index is -0.343. The van der Waals surface area contributed by atoms with Crippen LogP contribution in [0.1, 0.15) is 20.9 Å². The number of aromatic nitrogens is 1. The number of hydrogen-bond donors (Lipinski definition) is 0. The van der Waals surface area contributed by atoms with Gasteiger partial charge in [0.25, 0.3) is 11.1 Å². The number of thiazole rings is 1. The summed E-state index contributed by atoms with van der Waals surface area (Å²) in [5.41, 5.74) is 2.04. The summed E-state index contributed by atoms with van der Waals surface area (Å²) in [7, 11) is 0. The number of nitrogens with zero attached hydrogens (tertiary/aromatic N) is 2. The molecule has 26 heavy (non-hydrogen) atoms. The standard InChI is InChI=1S/C19H14F2N2O2S/c20-13-4-6-15(7-5-13)23-9-8-16-17(18(23)24)26-19(22-16)25-11-12-2-1-3-14(21)10-12/h1-7,10H,8-9,11H2. The molecule has 0 aliphatic carbocycles. The summed E-state index contributed by atoms with van der Waals surface area (Å²) >= 11 is 1.18. The van der Waals surface area contributed by atoms with E-state index in [1.165, 1.54) is 35.6 Å². The monoisotopic (exact) mass is 372 g/mol. The molecular formula is C19H14F2N2O2S. The maximum Gasteiger partial charge on any atom is 0.274 e. The Bertz CT molecular complexity index is 956. The number of rotatable bonds is 4. The fraction of sp³-hybridized carbons (Fsp3) is 0.158. The minimum absolute atomic E-state index is 0.170. The van der Waals surface area contributed by atoms with Crippen LogP contribution in [0.5, 0.6) is 5.19 Å². The van der Waals surface area contributed by atoms with Crippen molar-refractivity contribution in [3.8, 4) is 5.19 Å². The highest BCUT2D eigenvalue weighted by Crippen LogP contribution is 2.32. The van der Waals surface area contributed by atoms with Crippen molar-refractivity contribution < 1.29 is 18.3 Å². The van der Waals surface area contributed by atoms with Crippen molar-refractivity contribution in [2.75, 3.05) is 11.4 Å². The first-order chi connectivity index (χ1) is 12.6. The van der Waals surface area contributed by atoms with Crippen LogP contribution in [-0.4, -0.2) is 17.4 Å². The van der Waals surface area contributed by atoms with Gasteiger partial charge < -0.3 is 9.64 Å². The Balaban J connectivity index is 1.51. The summed E-state index contributed by atoms with van der Waals surface area (Å²) < 4.78 is 31.9. The number of fused-ring (bicyclic) bond motifs is 1. The van der Waals surface area contributed by atoms with Crippen molar-refractivity contribution in [3.63, 3.8) is 0 Å². The molecule has 1 aliphatic heterocycles. The van der Waals surface area contributed by atoms with Crippen LogP contribution < -0.4 is 9.64 Å². The number of anilines is 1. The van der Waals surface area contributed by atoms with Gasteiger partial charge in [0.1, 0.15) is 23.1 Å². The lowest BCUT2D eigenvalue weighted by molar-refractivity contribution is 0.0984. The Labute approximate surface area is 152 Å². The van der Waals surface area contributed by atoms with E-state index in [0.717, 1.165) is 0 Å². The van der Waals surface area contributed by atoms with Crippen molar-refractivity contribution >= 4 is 22.9 Å². The molecule has 0 radical (unpaired) electrons. The molecule has 0 N–H and O–H groups in total. The zero-order valence-corrected chi connectivity index (χ0v) is 14.4. The first-order valence-corrected chi connectivity index (χ1v) is 8.86. The van der Waals surface area contributed by atoms with E-state index < -0.39 is 0 Å². The van der Waals surface area contributed by atoms with Crippen LogP contribution >= 0.6 is 11.3 Å². The maximum absolute atomic E-state index is 13.2. The zero-order valence-electron chi connectivity index (χ0n) is 13.6. The first-order valence-electron chi connectivity index (χ1n) is 8.04. The van der Waals surface area contributed by atoms with Crippen molar-refractivity contribution in [1.29, 1.82) is 0 Å². The summed E-state index contributed by atoms with van der Waals surface area (Å²) in [6.07, 6.45) is 0.596. The molecule has 0 atom stereocenters. The van der Waals surface area contributed by atoms with Crippen molar-refractivity contribution in [2.24, 2.45) is 0 Å². The predicted octanol–water partition coefficient (Wildman–Crippen LogP) is 4.20. The second-order valence-electron chi connectivity index (χ2n) is 5.86. The van der Waals surface area contributed by atoms with Gasteiger partial charge in [-0.3, -0.25) is 4.79 Å². The molecule has 0 fully saturated rings. The molecule has 3 aromatic rings. The molecule has 0 saturated heterocycles. The molecule has 4 rings (SSSR count). The quantitative estimate of drug-likeness (QED) is 0.689. The lowest BCUT2D eigenvalue weighted by Gasteiger charge is -2.25. The largest absolute Gasteiger partial charge is 0.465 e. The average molecular weight is 372 g/mol. The van der Waals surface area contributed by atoms with E-state index >= 15 is 0 Å². The molecule has 2 aromatic carbocycles. The lowest BCUT2D eigenvalue weighted by Crippen LogP contribution is -2.36. The van der Waals surface area contributed by atoms with Gasteiger partial charge in [0.2, 0.25) is 0 Å². The third kappa shape index (κ3) is 3.30. The van der Waals surface area contributed by atoms with E-state index in [9.17, 15) is 13.6 Å². The van der Waals surface area contributed by atoms with E-state index in [-0.39, 0.29) is 24.1 Å². The average Bonchev–Trinajstić information content (AvgIpc) is 3.06. The number of amides is 1. The Morgan fingerprint density at radius 1 is 1.12 bits per heavy atom. The molecule has 0 bridgehead atoms. The summed E-state index contributed by atoms with van der Waals surface area (Å²) in [6, 6.07) is 12.0. The van der Waals surface area contributed by atoms with Crippen molar-refractivity contribution in [2.45, 2.75) is 13.0 Å². The Kier molecular flexibility index (Phi) is 4.38. The van der Waals surface area contributed by atoms with E-state index in [4.69, 9.17) is 4.74 Å². The topological polar surface area (TPSA) is 42.4 Å². The summed E-state index contributed by atoms with van der Waals surface area (Å²) in [6.45, 7) is 0.657. The van der Waals surface area contributed by atoms with E-state index in [1.807, 2.05) is 0 Å². The fourth-order valence-electron chi connectivity index (χ4n) is 2.81. The normalized spacial score (nSPS) is 13.6. The van der Waals surface area contributed by atoms with Crippen LogP contribution in [0.4, 0.5) is 14.5 Å². The molecule has 2 heterocycles. The van der Waals surface area contributed by atoms with Gasteiger partial charge in [-0.2, -0.15) is 0 Å². The van der Waals surface area contributed by atoms with Gasteiger partial charge in [-0.1, -0.05) is 23.5 Å². The molecule has 132 valence electrons. The smallest absolute Gasteiger partial charge is 0.274 e. The van der Waals surface area contributed by atoms with Crippen LogP contribution in [0.2, 0.25) is 0 Å². The zero-order chi connectivity index (χ0) is 18.1. The molecule has 0 spiro atoms. The van der Waals surface area contributed by atoms with Gasteiger partial charge in [-0.05, 0) is 42.0 Å². The SMILES string of the molecule is O=C1c2sc(OCc3cccc(F)c3)nc2CCN1c1ccc(F)cc1. The second kappa shape index (κ2) is 6.84. The maximum atomic E-state index is 13.2. The van der Waals surface area contributed by atoms with E-state index in [1.54, 1.807) is 29.2 Å². The van der Waals surface area contributed by atoms with Gasteiger partial charge >= 0.3 is 0 Å². The predicted molar refractivity (Wildman–Crippen MR) is 94.6 cm³/mol. The number of carbonyl (C=O) groups excluding carboxylic acids is 1. The summed E-state index contributed by atoms with van der Waals surface area (Å²) in [5.74, 6) is -0.838. The molecule has 1 aromatic heterocycles. The van der Waals surface area contributed by atoms with Crippen molar-refractivity contribution in [1.82, 2.24) is 4.98 Å².